The number of likely N-dealkylation sites (tertiary alicyclic amines) is 1. The SMILES string of the molecule is CC(C)(C)OC(=O)N1CCCC[C@H]1CSc1ccc(Cl)nn1. The van der Waals surface area contributed by atoms with E-state index in [4.69, 9.17) is 16.3 Å². The van der Waals surface area contributed by atoms with Crippen molar-refractivity contribution < 1.29 is 9.53 Å². The zero-order valence-electron chi connectivity index (χ0n) is 13.2. The molecule has 1 aromatic heterocycles. The van der Waals surface area contributed by atoms with Gasteiger partial charge in [0.15, 0.2) is 5.15 Å². The van der Waals surface area contributed by atoms with Crippen molar-refractivity contribution in [2.45, 2.75) is 56.7 Å². The largest absolute Gasteiger partial charge is 0.444 e. The van der Waals surface area contributed by atoms with E-state index in [0.29, 0.717) is 5.15 Å². The zero-order chi connectivity index (χ0) is 16.2. The maximum Gasteiger partial charge on any atom is 0.410 e. The summed E-state index contributed by atoms with van der Waals surface area (Å²) in [6, 6.07) is 3.75. The van der Waals surface area contributed by atoms with Gasteiger partial charge in [-0.05, 0) is 52.2 Å². The Kier molecular flexibility index (Phi) is 5.92. The van der Waals surface area contributed by atoms with Crippen molar-refractivity contribution in [1.82, 2.24) is 15.1 Å². The van der Waals surface area contributed by atoms with Crippen LogP contribution in [0.3, 0.4) is 0 Å². The van der Waals surface area contributed by atoms with Gasteiger partial charge in [0, 0.05) is 18.3 Å². The van der Waals surface area contributed by atoms with Crippen LogP contribution in [-0.4, -0.2) is 45.1 Å². The van der Waals surface area contributed by atoms with E-state index >= 15 is 0 Å². The number of amides is 1. The summed E-state index contributed by atoms with van der Waals surface area (Å²) in [5.74, 6) is 0.787. The molecule has 1 aliphatic rings. The Labute approximate surface area is 140 Å². The summed E-state index contributed by atoms with van der Waals surface area (Å²) in [5, 5.41) is 9.08. The predicted molar refractivity (Wildman–Crippen MR) is 88.3 cm³/mol. The number of rotatable bonds is 3. The molecule has 0 unspecified atom stereocenters. The summed E-state index contributed by atoms with van der Waals surface area (Å²) in [6.45, 7) is 6.43. The molecule has 0 spiro atoms. The quantitative estimate of drug-likeness (QED) is 0.776. The lowest BCUT2D eigenvalue weighted by atomic mass is 10.0. The van der Waals surface area contributed by atoms with Crippen LogP contribution in [-0.2, 0) is 4.74 Å². The number of carbonyl (C=O) groups excluding carboxylic acids is 1. The molecule has 5 nitrogen and oxygen atoms in total. The van der Waals surface area contributed by atoms with Crippen molar-refractivity contribution >= 4 is 29.5 Å². The van der Waals surface area contributed by atoms with Crippen LogP contribution >= 0.6 is 23.4 Å². The van der Waals surface area contributed by atoms with E-state index < -0.39 is 5.60 Å². The standard InChI is InChI=1S/C15H22ClN3O2S/c1-15(2,3)21-14(20)19-9-5-4-6-11(19)10-22-13-8-7-12(16)17-18-13/h7-8,11H,4-6,9-10H2,1-3H3/t11-/m0/s1. The monoisotopic (exact) mass is 343 g/mol. The molecule has 1 fully saturated rings. The van der Waals surface area contributed by atoms with Crippen LogP contribution in [0.5, 0.6) is 0 Å². The van der Waals surface area contributed by atoms with Crippen LogP contribution in [0.1, 0.15) is 40.0 Å². The van der Waals surface area contributed by atoms with Crippen LogP contribution < -0.4 is 0 Å². The highest BCUT2D eigenvalue weighted by molar-refractivity contribution is 7.99. The van der Waals surface area contributed by atoms with E-state index in [0.717, 1.165) is 36.6 Å². The van der Waals surface area contributed by atoms with Gasteiger partial charge < -0.3 is 9.64 Å². The van der Waals surface area contributed by atoms with E-state index in [1.165, 1.54) is 0 Å². The Morgan fingerprint density at radius 2 is 2.18 bits per heavy atom. The first-order valence-corrected chi connectivity index (χ1v) is 8.83. The Morgan fingerprint density at radius 3 is 2.82 bits per heavy atom. The minimum absolute atomic E-state index is 0.172. The normalized spacial score (nSPS) is 19.1. The molecule has 1 saturated heterocycles. The number of nitrogens with zero attached hydrogens (tertiary/aromatic N) is 3. The fraction of sp³-hybridized carbons (Fsp3) is 0.667. The first kappa shape index (κ1) is 17.3. The van der Waals surface area contributed by atoms with Crippen LogP contribution in [0.2, 0.25) is 5.15 Å². The van der Waals surface area contributed by atoms with Gasteiger partial charge in [-0.3, -0.25) is 0 Å². The van der Waals surface area contributed by atoms with Crippen LogP contribution in [0.4, 0.5) is 4.79 Å². The molecule has 22 heavy (non-hydrogen) atoms. The van der Waals surface area contributed by atoms with Gasteiger partial charge in [-0.1, -0.05) is 11.6 Å². The molecule has 1 aromatic rings. The molecule has 1 aliphatic heterocycles. The lowest BCUT2D eigenvalue weighted by Crippen LogP contribution is -2.47. The van der Waals surface area contributed by atoms with Gasteiger partial charge in [0.1, 0.15) is 10.6 Å². The second-order valence-corrected chi connectivity index (χ2v) is 7.76. The van der Waals surface area contributed by atoms with Crippen molar-refractivity contribution in [3.05, 3.63) is 17.3 Å². The number of ether oxygens (including phenoxy) is 1. The molecule has 0 aliphatic carbocycles. The van der Waals surface area contributed by atoms with Gasteiger partial charge in [-0.15, -0.1) is 22.0 Å². The number of piperidine rings is 1. The molecule has 0 bridgehead atoms. The Bertz CT molecular complexity index is 505. The highest BCUT2D eigenvalue weighted by Gasteiger charge is 2.30. The third kappa shape index (κ3) is 5.32. The van der Waals surface area contributed by atoms with Gasteiger partial charge >= 0.3 is 6.09 Å². The third-order valence-corrected chi connectivity index (χ3v) is 4.55. The molecule has 122 valence electrons. The molecule has 7 heteroatoms. The van der Waals surface area contributed by atoms with Crippen molar-refractivity contribution in [3.63, 3.8) is 0 Å². The number of hydrogen-bond donors (Lipinski definition) is 0. The van der Waals surface area contributed by atoms with Crippen molar-refractivity contribution in [3.8, 4) is 0 Å². The van der Waals surface area contributed by atoms with E-state index in [2.05, 4.69) is 10.2 Å². The summed E-state index contributed by atoms with van der Waals surface area (Å²) >= 11 is 7.33. The van der Waals surface area contributed by atoms with E-state index in [1.807, 2.05) is 31.7 Å². The Hall–Kier alpha value is -1.01. The summed E-state index contributed by atoms with van der Waals surface area (Å²) in [6.07, 6.45) is 2.94. The molecule has 0 N–H and O–H groups in total. The number of hydrogen-bond acceptors (Lipinski definition) is 5. The molecule has 0 aromatic carbocycles. The van der Waals surface area contributed by atoms with Gasteiger partial charge in [-0.25, -0.2) is 4.79 Å². The number of thioether (sulfide) groups is 1. The maximum atomic E-state index is 12.3. The van der Waals surface area contributed by atoms with Gasteiger partial charge in [0.2, 0.25) is 0 Å². The Balaban J connectivity index is 1.94. The van der Waals surface area contributed by atoms with Crippen LogP contribution in [0.15, 0.2) is 17.2 Å². The predicted octanol–water partition coefficient (Wildman–Crippen LogP) is 4.01. The van der Waals surface area contributed by atoms with Gasteiger partial charge in [-0.2, -0.15) is 0 Å². The lowest BCUT2D eigenvalue weighted by Gasteiger charge is -2.36. The fourth-order valence-corrected chi connectivity index (χ4v) is 3.37. The molecule has 0 saturated carbocycles. The van der Waals surface area contributed by atoms with Crippen molar-refractivity contribution in [2.24, 2.45) is 0 Å². The Morgan fingerprint density at radius 1 is 1.41 bits per heavy atom. The summed E-state index contributed by atoms with van der Waals surface area (Å²) in [5.41, 5.74) is -0.464. The first-order chi connectivity index (χ1) is 10.3. The highest BCUT2D eigenvalue weighted by Crippen LogP contribution is 2.26. The maximum absolute atomic E-state index is 12.3. The average Bonchev–Trinajstić information content (AvgIpc) is 2.45. The van der Waals surface area contributed by atoms with Crippen molar-refractivity contribution in [1.29, 1.82) is 0 Å². The van der Waals surface area contributed by atoms with E-state index in [-0.39, 0.29) is 12.1 Å². The first-order valence-electron chi connectivity index (χ1n) is 7.47. The number of aromatic nitrogens is 2. The van der Waals surface area contributed by atoms with Crippen molar-refractivity contribution in [2.75, 3.05) is 12.3 Å². The van der Waals surface area contributed by atoms with Crippen LogP contribution in [0, 0.1) is 0 Å². The summed E-state index contributed by atoms with van der Waals surface area (Å²) < 4.78 is 5.51. The molecule has 2 heterocycles. The van der Waals surface area contributed by atoms with E-state index in [1.54, 1.807) is 17.8 Å². The molecule has 2 rings (SSSR count). The molecular formula is C15H22ClN3O2S. The smallest absolute Gasteiger partial charge is 0.410 e. The lowest BCUT2D eigenvalue weighted by molar-refractivity contribution is 0.0126. The minimum Gasteiger partial charge on any atom is -0.444 e. The minimum atomic E-state index is -0.464. The van der Waals surface area contributed by atoms with Gasteiger partial charge in [0.25, 0.3) is 0 Å². The second kappa shape index (κ2) is 7.51. The molecular weight excluding hydrogens is 322 g/mol. The number of carbonyl (C=O) groups is 1. The second-order valence-electron chi connectivity index (χ2n) is 6.33. The average molecular weight is 344 g/mol. The zero-order valence-corrected chi connectivity index (χ0v) is 14.8. The topological polar surface area (TPSA) is 55.3 Å². The number of halogens is 1. The highest BCUT2D eigenvalue weighted by atomic mass is 35.5. The third-order valence-electron chi connectivity index (χ3n) is 3.29. The van der Waals surface area contributed by atoms with Crippen LogP contribution in [0.25, 0.3) is 0 Å². The summed E-state index contributed by atoms with van der Waals surface area (Å²) in [7, 11) is 0. The molecule has 1 atom stereocenters. The molecule has 0 radical (unpaired) electrons. The summed E-state index contributed by atoms with van der Waals surface area (Å²) in [4.78, 5) is 14.2. The van der Waals surface area contributed by atoms with E-state index in [9.17, 15) is 4.79 Å². The van der Waals surface area contributed by atoms with Gasteiger partial charge in [0.05, 0.1) is 0 Å². The molecule has 1 amide bonds. The fourth-order valence-electron chi connectivity index (χ4n) is 2.30.